The maximum Gasteiger partial charge on any atom is 0.323 e. The van der Waals surface area contributed by atoms with E-state index in [2.05, 4.69) is 26.3 Å². The molecule has 2 aromatic rings. The van der Waals surface area contributed by atoms with Crippen LogP contribution in [0.4, 0.5) is 10.6 Å². The summed E-state index contributed by atoms with van der Waals surface area (Å²) in [7, 11) is 1.78. The Labute approximate surface area is 129 Å². The molecule has 0 saturated heterocycles. The SMILES string of the molecule is CN(Cc1ccsc1Br)C(=O)Nc1cc2n(n1)CCC2. The van der Waals surface area contributed by atoms with Crippen LogP contribution in [0.1, 0.15) is 17.7 Å². The number of fused-ring (bicyclic) bond motifs is 1. The van der Waals surface area contributed by atoms with Crippen molar-refractivity contribution in [3.05, 3.63) is 32.6 Å². The second kappa shape index (κ2) is 5.57. The van der Waals surface area contributed by atoms with E-state index in [0.29, 0.717) is 12.4 Å². The summed E-state index contributed by atoms with van der Waals surface area (Å²) in [6, 6.07) is 3.84. The van der Waals surface area contributed by atoms with E-state index >= 15 is 0 Å². The zero-order valence-electron chi connectivity index (χ0n) is 11.1. The van der Waals surface area contributed by atoms with Crippen LogP contribution in [0.2, 0.25) is 0 Å². The molecule has 0 saturated carbocycles. The number of anilines is 1. The van der Waals surface area contributed by atoms with Gasteiger partial charge in [-0.1, -0.05) is 0 Å². The first-order valence-corrected chi connectivity index (χ1v) is 8.11. The number of aryl methyl sites for hydroxylation is 2. The van der Waals surface area contributed by atoms with Crippen LogP contribution in [0.5, 0.6) is 0 Å². The number of rotatable bonds is 3. The van der Waals surface area contributed by atoms with Gasteiger partial charge >= 0.3 is 6.03 Å². The molecule has 0 bridgehead atoms. The summed E-state index contributed by atoms with van der Waals surface area (Å²) in [4.78, 5) is 13.8. The molecule has 0 fully saturated rings. The molecule has 0 unspecified atom stereocenters. The summed E-state index contributed by atoms with van der Waals surface area (Å²) >= 11 is 5.11. The fourth-order valence-corrected chi connectivity index (χ4v) is 3.50. The molecule has 0 radical (unpaired) electrons. The van der Waals surface area contributed by atoms with Crippen LogP contribution in [-0.2, 0) is 19.5 Å². The minimum atomic E-state index is -0.139. The highest BCUT2D eigenvalue weighted by atomic mass is 79.9. The van der Waals surface area contributed by atoms with Crippen molar-refractivity contribution in [2.75, 3.05) is 12.4 Å². The average Bonchev–Trinajstić information content (AvgIpc) is 3.06. The third-order valence-electron chi connectivity index (χ3n) is 3.35. The van der Waals surface area contributed by atoms with Gasteiger partial charge in [-0.25, -0.2) is 4.79 Å². The van der Waals surface area contributed by atoms with Gasteiger partial charge < -0.3 is 4.90 Å². The van der Waals surface area contributed by atoms with Crippen LogP contribution in [0.25, 0.3) is 0 Å². The largest absolute Gasteiger partial charge is 0.323 e. The topological polar surface area (TPSA) is 50.2 Å². The van der Waals surface area contributed by atoms with Gasteiger partial charge in [0.15, 0.2) is 5.82 Å². The van der Waals surface area contributed by atoms with Crippen LogP contribution in [-0.4, -0.2) is 27.8 Å². The minimum absolute atomic E-state index is 0.139. The molecule has 1 aliphatic heterocycles. The zero-order chi connectivity index (χ0) is 14.1. The highest BCUT2D eigenvalue weighted by molar-refractivity contribution is 9.11. The minimum Gasteiger partial charge on any atom is -0.323 e. The molecule has 0 aliphatic carbocycles. The van der Waals surface area contributed by atoms with Crippen molar-refractivity contribution in [3.8, 4) is 0 Å². The van der Waals surface area contributed by atoms with Crippen molar-refractivity contribution < 1.29 is 4.79 Å². The smallest absolute Gasteiger partial charge is 0.323 e. The summed E-state index contributed by atoms with van der Waals surface area (Å²) in [5.41, 5.74) is 2.31. The number of hydrogen-bond acceptors (Lipinski definition) is 3. The van der Waals surface area contributed by atoms with Crippen molar-refractivity contribution in [1.29, 1.82) is 0 Å². The fourth-order valence-electron chi connectivity index (χ4n) is 2.29. The van der Waals surface area contributed by atoms with Crippen LogP contribution >= 0.6 is 27.3 Å². The van der Waals surface area contributed by atoms with Gasteiger partial charge in [0.2, 0.25) is 0 Å². The summed E-state index contributed by atoms with van der Waals surface area (Å²) in [6.45, 7) is 1.52. The predicted molar refractivity (Wildman–Crippen MR) is 83.1 cm³/mol. The van der Waals surface area contributed by atoms with E-state index in [1.54, 1.807) is 23.3 Å². The number of aromatic nitrogens is 2. The van der Waals surface area contributed by atoms with Gasteiger partial charge in [0, 0.05) is 31.9 Å². The van der Waals surface area contributed by atoms with Crippen LogP contribution in [0.15, 0.2) is 21.3 Å². The fraction of sp³-hybridized carbons (Fsp3) is 0.385. The monoisotopic (exact) mass is 354 g/mol. The molecule has 3 rings (SSSR count). The number of carbonyl (C=O) groups is 1. The highest BCUT2D eigenvalue weighted by Gasteiger charge is 2.17. The summed E-state index contributed by atoms with van der Waals surface area (Å²) in [5.74, 6) is 0.640. The Morgan fingerprint density at radius 1 is 1.65 bits per heavy atom. The van der Waals surface area contributed by atoms with Crippen LogP contribution in [0.3, 0.4) is 0 Å². The third kappa shape index (κ3) is 2.73. The Morgan fingerprint density at radius 2 is 2.50 bits per heavy atom. The number of nitrogens with one attached hydrogen (secondary N) is 1. The Bertz CT molecular complexity index is 615. The van der Waals surface area contributed by atoms with E-state index < -0.39 is 0 Å². The molecule has 20 heavy (non-hydrogen) atoms. The number of thiophene rings is 1. The quantitative estimate of drug-likeness (QED) is 0.918. The standard InChI is InChI=1S/C13H15BrN4OS/c1-17(8-9-4-6-20-12(9)14)13(19)15-11-7-10-3-2-5-18(10)16-11/h4,6-7H,2-3,5,8H2,1H3,(H,15,16,19). The highest BCUT2D eigenvalue weighted by Crippen LogP contribution is 2.24. The number of urea groups is 1. The lowest BCUT2D eigenvalue weighted by molar-refractivity contribution is 0.220. The summed E-state index contributed by atoms with van der Waals surface area (Å²) < 4.78 is 3.03. The molecule has 2 amide bonds. The predicted octanol–water partition coefficient (Wildman–Crippen LogP) is 3.32. The van der Waals surface area contributed by atoms with E-state index in [-0.39, 0.29) is 6.03 Å². The number of halogens is 1. The molecule has 1 aliphatic rings. The molecule has 0 aromatic carbocycles. The molecular weight excluding hydrogens is 340 g/mol. The number of carbonyl (C=O) groups excluding carboxylic acids is 1. The molecule has 0 atom stereocenters. The zero-order valence-corrected chi connectivity index (χ0v) is 13.5. The van der Waals surface area contributed by atoms with Gasteiger partial charge in [0.1, 0.15) is 0 Å². The van der Waals surface area contributed by atoms with Gasteiger partial charge in [-0.2, -0.15) is 5.10 Å². The maximum atomic E-state index is 12.1. The van der Waals surface area contributed by atoms with Gasteiger partial charge in [-0.3, -0.25) is 10.00 Å². The summed E-state index contributed by atoms with van der Waals surface area (Å²) in [6.07, 6.45) is 2.18. The second-order valence-electron chi connectivity index (χ2n) is 4.85. The van der Waals surface area contributed by atoms with Gasteiger partial charge in [0.05, 0.1) is 3.79 Å². The molecule has 2 aromatic heterocycles. The molecule has 5 nitrogen and oxygen atoms in total. The maximum absolute atomic E-state index is 12.1. The van der Waals surface area contributed by atoms with E-state index in [9.17, 15) is 4.79 Å². The first-order chi connectivity index (χ1) is 9.63. The van der Waals surface area contributed by atoms with E-state index in [4.69, 9.17) is 0 Å². The van der Waals surface area contributed by atoms with Crippen molar-refractivity contribution in [1.82, 2.24) is 14.7 Å². The Hall–Kier alpha value is -1.34. The lowest BCUT2D eigenvalue weighted by Crippen LogP contribution is -2.31. The van der Waals surface area contributed by atoms with Gasteiger partial charge in [-0.05, 0) is 45.8 Å². The van der Waals surface area contributed by atoms with Crippen molar-refractivity contribution in [2.24, 2.45) is 0 Å². The lowest BCUT2D eigenvalue weighted by atomic mass is 10.3. The van der Waals surface area contributed by atoms with E-state index in [1.807, 2.05) is 22.2 Å². The van der Waals surface area contributed by atoms with Crippen molar-refractivity contribution in [3.63, 3.8) is 0 Å². The second-order valence-corrected chi connectivity index (χ2v) is 7.09. The molecule has 106 valence electrons. The van der Waals surface area contributed by atoms with Crippen molar-refractivity contribution in [2.45, 2.75) is 25.9 Å². The number of amides is 2. The lowest BCUT2D eigenvalue weighted by Gasteiger charge is -2.16. The average molecular weight is 355 g/mol. The molecule has 7 heteroatoms. The van der Waals surface area contributed by atoms with E-state index in [1.165, 1.54) is 5.69 Å². The first-order valence-electron chi connectivity index (χ1n) is 6.44. The van der Waals surface area contributed by atoms with Crippen molar-refractivity contribution >= 4 is 39.1 Å². The Kier molecular flexibility index (Phi) is 3.80. The number of nitrogens with zero attached hydrogens (tertiary/aromatic N) is 3. The van der Waals surface area contributed by atoms with Gasteiger partial charge in [0.25, 0.3) is 0 Å². The van der Waals surface area contributed by atoms with E-state index in [0.717, 1.165) is 28.7 Å². The van der Waals surface area contributed by atoms with Gasteiger partial charge in [-0.15, -0.1) is 11.3 Å². The number of hydrogen-bond donors (Lipinski definition) is 1. The molecular formula is C13H15BrN4OS. The molecule has 1 N–H and O–H groups in total. The summed E-state index contributed by atoms with van der Waals surface area (Å²) in [5, 5.41) is 9.23. The Balaban J connectivity index is 1.62. The normalized spacial score (nSPS) is 13.3. The molecule has 3 heterocycles. The Morgan fingerprint density at radius 3 is 3.20 bits per heavy atom. The first kappa shape index (κ1) is 13.6. The van der Waals surface area contributed by atoms with Crippen LogP contribution < -0.4 is 5.32 Å². The third-order valence-corrected chi connectivity index (χ3v) is 5.16. The van der Waals surface area contributed by atoms with Crippen LogP contribution in [0, 0.1) is 0 Å². The molecule has 0 spiro atoms.